The topological polar surface area (TPSA) is 20.3 Å². The molecule has 0 saturated heterocycles. The zero-order valence-corrected chi connectivity index (χ0v) is 14.7. The molecule has 0 amide bonds. The number of carbonyl (C=O) groups is 1. The van der Waals surface area contributed by atoms with Crippen LogP contribution in [0.2, 0.25) is 0 Å². The van der Waals surface area contributed by atoms with Gasteiger partial charge >= 0.3 is 0 Å². The summed E-state index contributed by atoms with van der Waals surface area (Å²) in [5.74, 6) is 0.524. The summed E-state index contributed by atoms with van der Waals surface area (Å²) in [5, 5.41) is 0. The summed E-state index contributed by atoms with van der Waals surface area (Å²) in [6.07, 6.45) is 3.31. The van der Waals surface area contributed by atoms with Crippen molar-refractivity contribution in [1.29, 1.82) is 0 Å². The Morgan fingerprint density at radius 3 is 2.29 bits per heavy atom. The second-order valence-corrected chi connectivity index (χ2v) is 6.96. The van der Waals surface area contributed by atoms with Gasteiger partial charge in [-0.3, -0.25) is 9.69 Å². The van der Waals surface area contributed by atoms with Gasteiger partial charge in [0.15, 0.2) is 0 Å². The van der Waals surface area contributed by atoms with Crippen molar-refractivity contribution >= 4 is 5.78 Å². The smallest absolute Gasteiger partial charge is 0.134 e. The van der Waals surface area contributed by atoms with E-state index in [0.29, 0.717) is 17.9 Å². The second kappa shape index (κ2) is 7.76. The predicted molar refractivity (Wildman–Crippen MR) is 98.7 cm³/mol. The molecule has 0 unspecified atom stereocenters. The molecule has 1 aliphatic rings. The van der Waals surface area contributed by atoms with Crippen molar-refractivity contribution in [3.63, 3.8) is 0 Å². The Bertz CT molecular complexity index is 652. The van der Waals surface area contributed by atoms with Crippen LogP contribution < -0.4 is 0 Å². The largest absolute Gasteiger partial charge is 0.300 e. The van der Waals surface area contributed by atoms with Crippen molar-refractivity contribution in [2.24, 2.45) is 5.92 Å². The van der Waals surface area contributed by atoms with Crippen LogP contribution in [0.25, 0.3) is 0 Å². The van der Waals surface area contributed by atoms with Gasteiger partial charge in [0.05, 0.1) is 0 Å². The zero-order chi connectivity index (χ0) is 16.9. The Labute approximate surface area is 145 Å². The Morgan fingerprint density at radius 1 is 1.04 bits per heavy atom. The Balaban J connectivity index is 1.90. The molecule has 0 aliphatic heterocycles. The van der Waals surface area contributed by atoms with E-state index in [1.165, 1.54) is 11.1 Å². The van der Waals surface area contributed by atoms with Crippen LogP contribution in [-0.4, -0.2) is 16.7 Å². The van der Waals surface area contributed by atoms with Crippen molar-refractivity contribution in [2.45, 2.75) is 51.7 Å². The third-order valence-corrected chi connectivity index (χ3v) is 5.42. The van der Waals surface area contributed by atoms with Crippen LogP contribution in [0.5, 0.6) is 0 Å². The van der Waals surface area contributed by atoms with Crippen molar-refractivity contribution in [2.75, 3.05) is 0 Å². The highest BCUT2D eigenvalue weighted by Crippen LogP contribution is 2.36. The van der Waals surface area contributed by atoms with Crippen LogP contribution in [0, 0.1) is 5.92 Å². The molecule has 2 aromatic carbocycles. The Hall–Kier alpha value is -1.93. The maximum atomic E-state index is 12.1. The zero-order valence-electron chi connectivity index (χ0n) is 14.7. The quantitative estimate of drug-likeness (QED) is 0.745. The molecule has 2 heteroatoms. The SMILES string of the molecule is CC(=O)[C@@H]1CCC[C@@H]1N(Cc1ccccc1)[C@@H](C)c1ccccc1. The van der Waals surface area contributed by atoms with E-state index in [2.05, 4.69) is 72.5 Å². The van der Waals surface area contributed by atoms with E-state index in [1.807, 2.05) is 0 Å². The highest BCUT2D eigenvalue weighted by molar-refractivity contribution is 5.79. The molecule has 0 bridgehead atoms. The number of ketones is 1. The second-order valence-electron chi connectivity index (χ2n) is 6.96. The number of hydrogen-bond acceptors (Lipinski definition) is 2. The minimum Gasteiger partial charge on any atom is -0.300 e. The third kappa shape index (κ3) is 3.76. The lowest BCUT2D eigenvalue weighted by Gasteiger charge is -2.37. The molecule has 0 radical (unpaired) electrons. The first-order valence-electron chi connectivity index (χ1n) is 9.02. The number of nitrogens with zero attached hydrogens (tertiary/aromatic N) is 1. The van der Waals surface area contributed by atoms with Gasteiger partial charge in [-0.25, -0.2) is 0 Å². The van der Waals surface area contributed by atoms with Gasteiger partial charge in [0, 0.05) is 24.5 Å². The minimum atomic E-state index is 0.180. The first-order valence-corrected chi connectivity index (χ1v) is 9.02. The van der Waals surface area contributed by atoms with E-state index in [-0.39, 0.29) is 5.92 Å². The summed E-state index contributed by atoms with van der Waals surface area (Å²) >= 11 is 0. The minimum absolute atomic E-state index is 0.180. The molecule has 126 valence electrons. The fourth-order valence-electron chi connectivity index (χ4n) is 4.07. The summed E-state index contributed by atoms with van der Waals surface area (Å²) in [4.78, 5) is 14.7. The summed E-state index contributed by atoms with van der Waals surface area (Å²) in [7, 11) is 0. The first kappa shape index (κ1) is 16.9. The molecule has 0 spiro atoms. The average Bonchev–Trinajstić information content (AvgIpc) is 3.10. The number of hydrogen-bond donors (Lipinski definition) is 0. The van der Waals surface area contributed by atoms with E-state index in [9.17, 15) is 4.79 Å². The first-order chi connectivity index (χ1) is 11.7. The number of benzene rings is 2. The summed E-state index contributed by atoms with van der Waals surface area (Å²) < 4.78 is 0. The van der Waals surface area contributed by atoms with Gasteiger partial charge in [0.25, 0.3) is 0 Å². The lowest BCUT2D eigenvalue weighted by molar-refractivity contribution is -0.122. The monoisotopic (exact) mass is 321 g/mol. The summed E-state index contributed by atoms with van der Waals surface area (Å²) in [6, 6.07) is 21.9. The van der Waals surface area contributed by atoms with Gasteiger partial charge < -0.3 is 0 Å². The van der Waals surface area contributed by atoms with E-state index in [4.69, 9.17) is 0 Å². The van der Waals surface area contributed by atoms with Crippen molar-refractivity contribution in [3.8, 4) is 0 Å². The molecule has 2 aromatic rings. The molecule has 3 rings (SSSR count). The molecular weight excluding hydrogens is 294 g/mol. The van der Waals surface area contributed by atoms with Crippen molar-refractivity contribution in [1.82, 2.24) is 4.90 Å². The summed E-state index contributed by atoms with van der Waals surface area (Å²) in [5.41, 5.74) is 2.64. The van der Waals surface area contributed by atoms with E-state index in [0.717, 1.165) is 25.8 Å². The maximum absolute atomic E-state index is 12.1. The predicted octanol–water partition coefficient (Wildman–Crippen LogP) is 5.01. The molecule has 3 atom stereocenters. The van der Waals surface area contributed by atoms with Crippen LogP contribution in [0.1, 0.15) is 50.3 Å². The molecule has 2 nitrogen and oxygen atoms in total. The van der Waals surface area contributed by atoms with Crippen molar-refractivity contribution in [3.05, 3.63) is 71.8 Å². The van der Waals surface area contributed by atoms with Crippen LogP contribution in [0.15, 0.2) is 60.7 Å². The molecule has 0 N–H and O–H groups in total. The lowest BCUT2D eigenvalue weighted by Crippen LogP contribution is -2.41. The molecule has 0 heterocycles. The molecule has 1 fully saturated rings. The van der Waals surface area contributed by atoms with E-state index < -0.39 is 0 Å². The van der Waals surface area contributed by atoms with Crippen LogP contribution in [-0.2, 0) is 11.3 Å². The standard InChI is InChI=1S/C22H27NO/c1-17(20-12-7-4-8-13-20)23(16-19-10-5-3-6-11-19)22-15-9-14-21(22)18(2)24/h3-8,10-13,17,21-22H,9,14-16H2,1-2H3/t17-,21-,22-/m0/s1. The Kier molecular flexibility index (Phi) is 5.47. The van der Waals surface area contributed by atoms with Crippen molar-refractivity contribution < 1.29 is 4.79 Å². The van der Waals surface area contributed by atoms with Gasteiger partial charge in [-0.15, -0.1) is 0 Å². The number of Topliss-reactive ketones (excluding diaryl/α,β-unsaturated/α-hetero) is 1. The fraction of sp³-hybridized carbons (Fsp3) is 0.409. The van der Waals surface area contributed by atoms with Crippen LogP contribution in [0.3, 0.4) is 0 Å². The molecule has 1 saturated carbocycles. The molecule has 0 aromatic heterocycles. The average molecular weight is 321 g/mol. The summed E-state index contributed by atoms with van der Waals surface area (Å²) in [6.45, 7) is 4.93. The van der Waals surface area contributed by atoms with Gasteiger partial charge in [-0.1, -0.05) is 67.1 Å². The third-order valence-electron chi connectivity index (χ3n) is 5.42. The lowest BCUT2D eigenvalue weighted by atomic mass is 9.94. The van der Waals surface area contributed by atoms with E-state index in [1.54, 1.807) is 6.92 Å². The molecule has 24 heavy (non-hydrogen) atoms. The van der Waals surface area contributed by atoms with Gasteiger partial charge in [-0.05, 0) is 37.8 Å². The van der Waals surface area contributed by atoms with Gasteiger partial charge in [0.2, 0.25) is 0 Å². The number of rotatable bonds is 6. The van der Waals surface area contributed by atoms with E-state index >= 15 is 0 Å². The fourth-order valence-corrected chi connectivity index (χ4v) is 4.07. The normalized spacial score (nSPS) is 21.8. The molecule has 1 aliphatic carbocycles. The highest BCUT2D eigenvalue weighted by atomic mass is 16.1. The maximum Gasteiger partial charge on any atom is 0.134 e. The van der Waals surface area contributed by atoms with Gasteiger partial charge in [-0.2, -0.15) is 0 Å². The number of carbonyl (C=O) groups excluding carboxylic acids is 1. The molecular formula is C22H27NO. The Morgan fingerprint density at radius 2 is 1.67 bits per heavy atom. The van der Waals surface area contributed by atoms with Crippen LogP contribution in [0.4, 0.5) is 0 Å². The van der Waals surface area contributed by atoms with Gasteiger partial charge in [0.1, 0.15) is 5.78 Å². The highest BCUT2D eigenvalue weighted by Gasteiger charge is 2.37. The van der Waals surface area contributed by atoms with Crippen LogP contribution >= 0.6 is 0 Å².